The second-order valence-electron chi connectivity index (χ2n) is 7.02. The largest absolute Gasteiger partial charge is 0.394 e. The number of carbonyl (C=O) groups is 1. The number of ether oxygens (including phenoxy) is 1. The van der Waals surface area contributed by atoms with Crippen LogP contribution in [-0.2, 0) is 9.53 Å². The Morgan fingerprint density at radius 1 is 1.09 bits per heavy atom. The van der Waals surface area contributed by atoms with Crippen LogP contribution in [0.3, 0.4) is 0 Å². The van der Waals surface area contributed by atoms with E-state index < -0.39 is 43.0 Å². The lowest BCUT2D eigenvalue weighted by molar-refractivity contribution is -0.242. The first kappa shape index (κ1) is 18.8. The first-order valence-corrected chi connectivity index (χ1v) is 8.77. The Labute approximate surface area is 137 Å². The summed E-state index contributed by atoms with van der Waals surface area (Å²) in [4.78, 5) is 12.6. The quantitative estimate of drug-likeness (QED) is 0.576. The molecular formula is C17H30O6. The Morgan fingerprint density at radius 2 is 1.78 bits per heavy atom. The van der Waals surface area contributed by atoms with Crippen molar-refractivity contribution in [2.75, 3.05) is 6.61 Å². The third-order valence-electron chi connectivity index (χ3n) is 5.61. The van der Waals surface area contributed by atoms with Crippen molar-refractivity contribution < 1.29 is 30.0 Å². The molecule has 0 amide bonds. The Bertz CT molecular complexity index is 399. The predicted octanol–water partition coefficient (Wildman–Crippen LogP) is 0.250. The van der Waals surface area contributed by atoms with Crippen LogP contribution < -0.4 is 0 Å². The molecule has 4 N–H and O–H groups in total. The molecule has 1 saturated carbocycles. The van der Waals surface area contributed by atoms with E-state index in [1.165, 1.54) is 0 Å². The monoisotopic (exact) mass is 330 g/mol. The van der Waals surface area contributed by atoms with E-state index >= 15 is 0 Å². The highest BCUT2D eigenvalue weighted by Crippen LogP contribution is 2.40. The summed E-state index contributed by atoms with van der Waals surface area (Å²) >= 11 is 0. The molecule has 0 aromatic rings. The summed E-state index contributed by atoms with van der Waals surface area (Å²) in [5.41, 5.74) is 0. The van der Waals surface area contributed by atoms with Crippen molar-refractivity contribution in [2.45, 2.75) is 76.5 Å². The van der Waals surface area contributed by atoms with Crippen LogP contribution in [0.1, 0.15) is 46.0 Å². The van der Waals surface area contributed by atoms with Gasteiger partial charge in [-0.3, -0.25) is 4.79 Å². The molecule has 2 fully saturated rings. The van der Waals surface area contributed by atoms with Gasteiger partial charge in [-0.1, -0.05) is 33.1 Å². The van der Waals surface area contributed by atoms with E-state index in [0.717, 1.165) is 19.3 Å². The van der Waals surface area contributed by atoms with Crippen molar-refractivity contribution in [1.82, 2.24) is 0 Å². The van der Waals surface area contributed by atoms with E-state index in [9.17, 15) is 25.2 Å². The Kier molecular flexibility index (Phi) is 6.57. The highest BCUT2D eigenvalue weighted by atomic mass is 16.5. The fourth-order valence-electron chi connectivity index (χ4n) is 4.22. The van der Waals surface area contributed by atoms with E-state index in [0.29, 0.717) is 24.7 Å². The molecule has 0 bridgehead atoms. The smallest absolute Gasteiger partial charge is 0.138 e. The standard InChI is InChI=1S/C17H30O6/c1-3-5-10-7-12(19)11(6-9(10)4-2)17-16(22)15(21)14(20)13(8-18)23-17/h9-11,13-18,20-22H,3-8H2,1-2H3/t9-,10+,11-,13?,14?,15?,16?,17?/m0/s1. The highest BCUT2D eigenvalue weighted by Gasteiger charge is 2.50. The Balaban J connectivity index is 2.14. The molecule has 0 aromatic heterocycles. The van der Waals surface area contributed by atoms with Gasteiger partial charge in [-0.25, -0.2) is 0 Å². The van der Waals surface area contributed by atoms with Gasteiger partial charge < -0.3 is 25.2 Å². The second kappa shape index (κ2) is 8.03. The molecule has 23 heavy (non-hydrogen) atoms. The van der Waals surface area contributed by atoms with Gasteiger partial charge in [-0.15, -0.1) is 0 Å². The Morgan fingerprint density at radius 3 is 2.35 bits per heavy atom. The molecule has 0 aromatic carbocycles. The van der Waals surface area contributed by atoms with Crippen LogP contribution in [0.4, 0.5) is 0 Å². The predicted molar refractivity (Wildman–Crippen MR) is 83.7 cm³/mol. The number of ketones is 1. The lowest BCUT2D eigenvalue weighted by Crippen LogP contribution is -2.61. The topological polar surface area (TPSA) is 107 Å². The van der Waals surface area contributed by atoms with Crippen molar-refractivity contribution in [1.29, 1.82) is 0 Å². The number of hydrogen-bond acceptors (Lipinski definition) is 6. The summed E-state index contributed by atoms with van der Waals surface area (Å²) < 4.78 is 5.60. The summed E-state index contributed by atoms with van der Waals surface area (Å²) in [6, 6.07) is 0. The van der Waals surface area contributed by atoms with E-state index in [-0.39, 0.29) is 5.78 Å². The molecule has 5 unspecified atom stereocenters. The van der Waals surface area contributed by atoms with Crippen molar-refractivity contribution in [3.8, 4) is 0 Å². The van der Waals surface area contributed by atoms with Gasteiger partial charge >= 0.3 is 0 Å². The first-order valence-electron chi connectivity index (χ1n) is 8.77. The lowest BCUT2D eigenvalue weighted by Gasteiger charge is -2.45. The zero-order chi connectivity index (χ0) is 17.1. The van der Waals surface area contributed by atoms with Crippen molar-refractivity contribution in [2.24, 2.45) is 17.8 Å². The maximum absolute atomic E-state index is 12.6. The Hall–Kier alpha value is -0.530. The lowest BCUT2D eigenvalue weighted by atomic mass is 9.67. The van der Waals surface area contributed by atoms with Crippen LogP contribution >= 0.6 is 0 Å². The average molecular weight is 330 g/mol. The maximum atomic E-state index is 12.6. The number of hydrogen-bond donors (Lipinski definition) is 4. The summed E-state index contributed by atoms with van der Waals surface area (Å²) in [5.74, 6) is 0.334. The maximum Gasteiger partial charge on any atom is 0.138 e. The highest BCUT2D eigenvalue weighted by molar-refractivity contribution is 5.82. The number of rotatable bonds is 5. The molecule has 6 nitrogen and oxygen atoms in total. The molecule has 2 rings (SSSR count). The first-order chi connectivity index (χ1) is 10.9. The van der Waals surface area contributed by atoms with Gasteiger partial charge in [-0.05, 0) is 18.3 Å². The number of aliphatic hydroxyl groups is 4. The normalized spacial score (nSPS) is 45.2. The molecule has 1 saturated heterocycles. The van der Waals surface area contributed by atoms with E-state index in [1.54, 1.807) is 0 Å². The van der Waals surface area contributed by atoms with Crippen LogP contribution in [0.5, 0.6) is 0 Å². The van der Waals surface area contributed by atoms with Crippen LogP contribution in [0, 0.1) is 17.8 Å². The molecule has 1 aliphatic carbocycles. The van der Waals surface area contributed by atoms with Crippen LogP contribution in [0.25, 0.3) is 0 Å². The molecule has 1 heterocycles. The molecular weight excluding hydrogens is 300 g/mol. The van der Waals surface area contributed by atoms with E-state index in [4.69, 9.17) is 4.74 Å². The molecule has 134 valence electrons. The SMILES string of the molecule is CCC[C@@H]1CC(=O)[C@@H](C2OC(CO)C(O)C(O)C2O)C[C@@H]1CC. The number of aliphatic hydroxyl groups excluding tert-OH is 4. The summed E-state index contributed by atoms with van der Waals surface area (Å²) in [6.07, 6.45) is -1.78. The molecule has 8 atom stereocenters. The molecule has 2 aliphatic rings. The third kappa shape index (κ3) is 3.77. The van der Waals surface area contributed by atoms with Crippen molar-refractivity contribution >= 4 is 5.78 Å². The van der Waals surface area contributed by atoms with Gasteiger partial charge in [0.15, 0.2) is 0 Å². The minimum absolute atomic E-state index is 0.0532. The van der Waals surface area contributed by atoms with Gasteiger partial charge in [0.2, 0.25) is 0 Å². The zero-order valence-corrected chi connectivity index (χ0v) is 14.0. The second-order valence-corrected chi connectivity index (χ2v) is 7.02. The minimum atomic E-state index is -1.41. The minimum Gasteiger partial charge on any atom is -0.394 e. The van der Waals surface area contributed by atoms with Crippen molar-refractivity contribution in [3.63, 3.8) is 0 Å². The van der Waals surface area contributed by atoms with Crippen LogP contribution in [0.15, 0.2) is 0 Å². The van der Waals surface area contributed by atoms with Crippen LogP contribution in [0.2, 0.25) is 0 Å². The number of carbonyl (C=O) groups excluding carboxylic acids is 1. The van der Waals surface area contributed by atoms with Gasteiger partial charge in [0.05, 0.1) is 12.7 Å². The molecule has 1 aliphatic heterocycles. The van der Waals surface area contributed by atoms with E-state index in [2.05, 4.69) is 13.8 Å². The number of Topliss-reactive ketones (excluding diaryl/α,β-unsaturated/α-hetero) is 1. The summed E-state index contributed by atoms with van der Waals surface area (Å²) in [7, 11) is 0. The summed E-state index contributed by atoms with van der Waals surface area (Å²) in [6.45, 7) is 3.76. The molecule has 6 heteroatoms. The van der Waals surface area contributed by atoms with Gasteiger partial charge in [0, 0.05) is 12.3 Å². The van der Waals surface area contributed by atoms with Crippen LogP contribution in [-0.4, -0.2) is 63.3 Å². The zero-order valence-electron chi connectivity index (χ0n) is 14.0. The fraction of sp³-hybridized carbons (Fsp3) is 0.941. The van der Waals surface area contributed by atoms with Crippen molar-refractivity contribution in [3.05, 3.63) is 0 Å². The molecule has 0 radical (unpaired) electrons. The summed E-state index contributed by atoms with van der Waals surface area (Å²) in [5, 5.41) is 39.4. The average Bonchev–Trinajstić information content (AvgIpc) is 2.54. The van der Waals surface area contributed by atoms with Gasteiger partial charge in [0.1, 0.15) is 30.2 Å². The van der Waals surface area contributed by atoms with Gasteiger partial charge in [-0.2, -0.15) is 0 Å². The van der Waals surface area contributed by atoms with E-state index in [1.807, 2.05) is 0 Å². The van der Waals surface area contributed by atoms with Gasteiger partial charge in [0.25, 0.3) is 0 Å². The third-order valence-corrected chi connectivity index (χ3v) is 5.61. The fourth-order valence-corrected chi connectivity index (χ4v) is 4.22. The molecule has 0 spiro atoms.